The molecule has 2 heterocycles. The molecule has 0 spiro atoms. The molecule has 0 unspecified atom stereocenters. The summed E-state index contributed by atoms with van der Waals surface area (Å²) in [5.74, 6) is 0.274. The van der Waals surface area contributed by atoms with E-state index in [1.54, 1.807) is 18.2 Å². The minimum absolute atomic E-state index is 0.199. The Balaban J connectivity index is 2.22. The Labute approximate surface area is 124 Å². The number of aromatic nitrogens is 2. The van der Waals surface area contributed by atoms with Crippen molar-refractivity contribution in [3.63, 3.8) is 0 Å². The lowest BCUT2D eigenvalue weighted by atomic mass is 10.3. The monoisotopic (exact) mass is 341 g/mol. The van der Waals surface area contributed by atoms with Crippen LogP contribution in [-0.4, -0.2) is 15.5 Å². The summed E-state index contributed by atoms with van der Waals surface area (Å²) in [4.78, 5) is 16.3. The number of nitrogens with zero attached hydrogens (tertiary/aromatic N) is 2. The molecule has 1 amide bonds. The molecule has 4 nitrogen and oxygen atoms in total. The molecule has 0 aliphatic carbocycles. The van der Waals surface area contributed by atoms with Crippen molar-refractivity contribution in [3.05, 3.63) is 45.8 Å². The van der Waals surface area contributed by atoms with Crippen LogP contribution in [0.25, 0.3) is 0 Å². The lowest BCUT2D eigenvalue weighted by molar-refractivity contribution is 0.101. The highest BCUT2D eigenvalue weighted by Crippen LogP contribution is 2.20. The molecule has 6 heteroatoms. The van der Waals surface area contributed by atoms with Crippen molar-refractivity contribution in [2.45, 2.75) is 19.9 Å². The summed E-state index contributed by atoms with van der Waals surface area (Å²) in [6.07, 6.45) is 3.38. The summed E-state index contributed by atoms with van der Waals surface area (Å²) in [5.41, 5.74) is 0.582. The van der Waals surface area contributed by atoms with Crippen LogP contribution >= 0.6 is 27.5 Å². The average Bonchev–Trinajstić information content (AvgIpc) is 2.74. The van der Waals surface area contributed by atoms with E-state index < -0.39 is 0 Å². The van der Waals surface area contributed by atoms with Gasteiger partial charge >= 0.3 is 0 Å². The SMILES string of the molecule is CC(C)n1cc(Br)cc1C(=O)Nc1ccc(Cl)cn1. The topological polar surface area (TPSA) is 46.9 Å². The van der Waals surface area contributed by atoms with Crippen LogP contribution in [0.2, 0.25) is 5.02 Å². The van der Waals surface area contributed by atoms with Crippen LogP contribution in [0.15, 0.2) is 35.1 Å². The van der Waals surface area contributed by atoms with Crippen molar-refractivity contribution >= 4 is 39.3 Å². The summed E-state index contributed by atoms with van der Waals surface area (Å²) in [5, 5.41) is 3.28. The zero-order valence-electron chi connectivity index (χ0n) is 10.5. The van der Waals surface area contributed by atoms with E-state index in [9.17, 15) is 4.79 Å². The number of amides is 1. The Bertz CT molecular complexity index is 592. The summed E-state index contributed by atoms with van der Waals surface area (Å²) >= 11 is 9.13. The highest BCUT2D eigenvalue weighted by atomic mass is 79.9. The quantitative estimate of drug-likeness (QED) is 0.911. The van der Waals surface area contributed by atoms with Gasteiger partial charge in [0.25, 0.3) is 5.91 Å². The van der Waals surface area contributed by atoms with Crippen molar-refractivity contribution in [3.8, 4) is 0 Å². The second-order valence-corrected chi connectivity index (χ2v) is 5.71. The molecule has 0 aliphatic heterocycles. The second kappa shape index (κ2) is 5.75. The Morgan fingerprint density at radius 3 is 2.79 bits per heavy atom. The third-order valence-electron chi connectivity index (χ3n) is 2.57. The zero-order chi connectivity index (χ0) is 14.0. The normalized spacial score (nSPS) is 10.8. The lowest BCUT2D eigenvalue weighted by Gasteiger charge is -2.12. The van der Waals surface area contributed by atoms with Gasteiger partial charge in [0.2, 0.25) is 0 Å². The van der Waals surface area contributed by atoms with Crippen molar-refractivity contribution < 1.29 is 4.79 Å². The van der Waals surface area contributed by atoms with Gasteiger partial charge in [-0.1, -0.05) is 11.6 Å². The van der Waals surface area contributed by atoms with Gasteiger partial charge in [-0.2, -0.15) is 0 Å². The first-order valence-electron chi connectivity index (χ1n) is 5.77. The molecular weight excluding hydrogens is 330 g/mol. The summed E-state index contributed by atoms with van der Waals surface area (Å²) in [7, 11) is 0. The first kappa shape index (κ1) is 14.1. The number of nitrogens with one attached hydrogen (secondary N) is 1. The summed E-state index contributed by atoms with van der Waals surface area (Å²) in [6.45, 7) is 4.04. The molecule has 19 heavy (non-hydrogen) atoms. The second-order valence-electron chi connectivity index (χ2n) is 4.36. The molecule has 100 valence electrons. The van der Waals surface area contributed by atoms with Crippen LogP contribution in [0.1, 0.15) is 30.4 Å². The molecule has 0 atom stereocenters. The van der Waals surface area contributed by atoms with Crippen molar-refractivity contribution in [2.75, 3.05) is 5.32 Å². The molecular formula is C13H13BrClN3O. The van der Waals surface area contributed by atoms with Crippen LogP contribution in [0.4, 0.5) is 5.82 Å². The first-order valence-corrected chi connectivity index (χ1v) is 6.94. The molecule has 0 bridgehead atoms. The van der Waals surface area contributed by atoms with E-state index in [1.807, 2.05) is 24.6 Å². The predicted octanol–water partition coefficient (Wildman–Crippen LogP) is 4.13. The highest BCUT2D eigenvalue weighted by molar-refractivity contribution is 9.10. The van der Waals surface area contributed by atoms with Crippen LogP contribution in [-0.2, 0) is 0 Å². The van der Waals surface area contributed by atoms with Gasteiger partial charge in [-0.05, 0) is 48.0 Å². The average molecular weight is 343 g/mol. The molecule has 1 N–H and O–H groups in total. The van der Waals surface area contributed by atoms with E-state index in [4.69, 9.17) is 11.6 Å². The number of pyridine rings is 1. The number of hydrogen-bond donors (Lipinski definition) is 1. The highest BCUT2D eigenvalue weighted by Gasteiger charge is 2.15. The maximum atomic E-state index is 12.2. The van der Waals surface area contributed by atoms with Gasteiger partial charge in [0, 0.05) is 22.9 Å². The fraction of sp³-hybridized carbons (Fsp3) is 0.231. The van der Waals surface area contributed by atoms with Crippen LogP contribution < -0.4 is 5.32 Å². The number of anilines is 1. The van der Waals surface area contributed by atoms with Gasteiger partial charge in [-0.15, -0.1) is 0 Å². The van der Waals surface area contributed by atoms with E-state index in [1.165, 1.54) is 6.20 Å². The van der Waals surface area contributed by atoms with Crippen molar-refractivity contribution in [2.24, 2.45) is 0 Å². The van der Waals surface area contributed by atoms with E-state index in [2.05, 4.69) is 26.2 Å². The molecule has 0 fully saturated rings. The molecule has 2 aromatic heterocycles. The third kappa shape index (κ3) is 3.36. The molecule has 0 saturated carbocycles. The Kier molecular flexibility index (Phi) is 4.27. The molecule has 0 aromatic carbocycles. The third-order valence-corrected chi connectivity index (χ3v) is 3.23. The smallest absolute Gasteiger partial charge is 0.273 e. The maximum Gasteiger partial charge on any atom is 0.273 e. The minimum atomic E-state index is -0.200. The standard InChI is InChI=1S/C13H13BrClN3O/c1-8(2)18-7-9(14)5-11(18)13(19)17-12-4-3-10(15)6-16-12/h3-8H,1-2H3,(H,16,17,19). The number of carbonyl (C=O) groups is 1. The molecule has 2 aromatic rings. The van der Waals surface area contributed by atoms with E-state index in [0.29, 0.717) is 16.5 Å². The number of carbonyl (C=O) groups excluding carboxylic acids is 1. The Hall–Kier alpha value is -1.33. The van der Waals surface area contributed by atoms with Gasteiger partial charge in [-0.3, -0.25) is 4.79 Å². The zero-order valence-corrected chi connectivity index (χ0v) is 12.9. The fourth-order valence-corrected chi connectivity index (χ4v) is 2.23. The lowest BCUT2D eigenvalue weighted by Crippen LogP contribution is -2.18. The van der Waals surface area contributed by atoms with Crippen LogP contribution in [0.3, 0.4) is 0 Å². The minimum Gasteiger partial charge on any atom is -0.340 e. The summed E-state index contributed by atoms with van der Waals surface area (Å²) < 4.78 is 2.77. The fourth-order valence-electron chi connectivity index (χ4n) is 1.68. The largest absolute Gasteiger partial charge is 0.340 e. The van der Waals surface area contributed by atoms with Gasteiger partial charge in [0.15, 0.2) is 0 Å². The van der Waals surface area contributed by atoms with Crippen molar-refractivity contribution in [1.82, 2.24) is 9.55 Å². The Morgan fingerprint density at radius 1 is 1.47 bits per heavy atom. The molecule has 0 aliphatic rings. The summed E-state index contributed by atoms with van der Waals surface area (Å²) in [6, 6.07) is 5.33. The van der Waals surface area contributed by atoms with Gasteiger partial charge in [0.1, 0.15) is 11.5 Å². The number of halogens is 2. The van der Waals surface area contributed by atoms with Crippen molar-refractivity contribution in [1.29, 1.82) is 0 Å². The van der Waals surface area contributed by atoms with E-state index >= 15 is 0 Å². The van der Waals surface area contributed by atoms with Gasteiger partial charge < -0.3 is 9.88 Å². The van der Waals surface area contributed by atoms with Gasteiger partial charge in [0.05, 0.1) is 5.02 Å². The maximum absolute atomic E-state index is 12.2. The number of rotatable bonds is 3. The number of hydrogen-bond acceptors (Lipinski definition) is 2. The van der Waals surface area contributed by atoms with E-state index in [0.717, 1.165) is 4.47 Å². The predicted molar refractivity (Wildman–Crippen MR) is 79.7 cm³/mol. The Morgan fingerprint density at radius 2 is 2.21 bits per heavy atom. The molecule has 0 saturated heterocycles. The molecule has 2 rings (SSSR count). The first-order chi connectivity index (χ1) is 8.97. The van der Waals surface area contributed by atoms with Gasteiger partial charge in [-0.25, -0.2) is 4.98 Å². The van der Waals surface area contributed by atoms with E-state index in [-0.39, 0.29) is 11.9 Å². The molecule has 0 radical (unpaired) electrons. The van der Waals surface area contributed by atoms with Crippen LogP contribution in [0.5, 0.6) is 0 Å². The van der Waals surface area contributed by atoms with Crippen LogP contribution in [0, 0.1) is 0 Å².